The highest BCUT2D eigenvalue weighted by Gasteiger charge is 2.24. The molecule has 1 N–H and O–H groups in total. The predicted molar refractivity (Wildman–Crippen MR) is 73.7 cm³/mol. The largest absolute Gasteiger partial charge is 0.360 e. The Morgan fingerprint density at radius 1 is 1.59 bits per heavy atom. The monoisotopic (exact) mass is 249 g/mol. The average molecular weight is 249 g/mol. The van der Waals surface area contributed by atoms with Crippen LogP contribution in [-0.4, -0.2) is 27.1 Å². The highest BCUT2D eigenvalue weighted by molar-refractivity contribution is 7.80. The average Bonchev–Trinajstić information content (AvgIpc) is 3.10. The standard InChI is InChI=1S/C13H19N3S/c1-10(2)16(13(17)15-12-5-6-12)9-11-4-3-7-14-8-11/h3-4,7-8,10,12H,5-6,9H2,1-2H3,(H,15,17). The van der Waals surface area contributed by atoms with E-state index in [0.29, 0.717) is 12.1 Å². The molecule has 1 aliphatic rings. The number of rotatable bonds is 4. The minimum absolute atomic E-state index is 0.397. The summed E-state index contributed by atoms with van der Waals surface area (Å²) in [4.78, 5) is 6.35. The summed E-state index contributed by atoms with van der Waals surface area (Å²) >= 11 is 5.46. The van der Waals surface area contributed by atoms with Crippen LogP contribution in [0.4, 0.5) is 0 Å². The molecular formula is C13H19N3S. The van der Waals surface area contributed by atoms with Gasteiger partial charge in [0.05, 0.1) is 0 Å². The first kappa shape index (κ1) is 12.3. The van der Waals surface area contributed by atoms with Crippen LogP contribution in [0.15, 0.2) is 24.5 Å². The molecule has 1 fully saturated rings. The van der Waals surface area contributed by atoms with E-state index in [1.807, 2.05) is 12.3 Å². The molecule has 1 aliphatic carbocycles. The molecule has 17 heavy (non-hydrogen) atoms. The Kier molecular flexibility index (Phi) is 3.94. The summed E-state index contributed by atoms with van der Waals surface area (Å²) < 4.78 is 0. The van der Waals surface area contributed by atoms with Crippen molar-refractivity contribution in [2.24, 2.45) is 0 Å². The van der Waals surface area contributed by atoms with Crippen LogP contribution in [-0.2, 0) is 6.54 Å². The maximum atomic E-state index is 5.46. The lowest BCUT2D eigenvalue weighted by molar-refractivity contribution is 0.337. The van der Waals surface area contributed by atoms with Gasteiger partial charge in [0.1, 0.15) is 0 Å². The minimum Gasteiger partial charge on any atom is -0.360 e. The number of aromatic nitrogens is 1. The molecule has 1 heterocycles. The number of nitrogens with one attached hydrogen (secondary N) is 1. The molecule has 0 amide bonds. The third kappa shape index (κ3) is 3.66. The second kappa shape index (κ2) is 5.45. The van der Waals surface area contributed by atoms with Gasteiger partial charge in [0.2, 0.25) is 0 Å². The number of hydrogen-bond donors (Lipinski definition) is 1. The van der Waals surface area contributed by atoms with E-state index >= 15 is 0 Å². The maximum absolute atomic E-state index is 5.46. The fourth-order valence-corrected chi connectivity index (χ4v) is 2.10. The molecule has 4 heteroatoms. The van der Waals surface area contributed by atoms with Gasteiger partial charge in [-0.05, 0) is 50.5 Å². The summed E-state index contributed by atoms with van der Waals surface area (Å²) in [6, 6.07) is 5.06. The van der Waals surface area contributed by atoms with E-state index in [4.69, 9.17) is 12.2 Å². The first-order chi connectivity index (χ1) is 8.16. The topological polar surface area (TPSA) is 28.2 Å². The van der Waals surface area contributed by atoms with Crippen LogP contribution >= 0.6 is 12.2 Å². The Hall–Kier alpha value is -1.16. The molecule has 0 saturated heterocycles. The molecule has 0 bridgehead atoms. The van der Waals surface area contributed by atoms with E-state index < -0.39 is 0 Å². The maximum Gasteiger partial charge on any atom is 0.169 e. The first-order valence-electron chi connectivity index (χ1n) is 6.13. The summed E-state index contributed by atoms with van der Waals surface area (Å²) in [5.41, 5.74) is 1.20. The molecule has 1 aromatic rings. The van der Waals surface area contributed by atoms with Gasteiger partial charge in [-0.2, -0.15) is 0 Å². The molecule has 0 spiro atoms. The molecule has 0 atom stereocenters. The van der Waals surface area contributed by atoms with Crippen molar-refractivity contribution in [3.63, 3.8) is 0 Å². The number of thiocarbonyl (C=S) groups is 1. The van der Waals surface area contributed by atoms with E-state index in [2.05, 4.69) is 35.1 Å². The highest BCUT2D eigenvalue weighted by atomic mass is 32.1. The molecule has 0 radical (unpaired) electrons. The Balaban J connectivity index is 1.98. The molecule has 0 aliphatic heterocycles. The normalized spacial score (nSPS) is 14.8. The van der Waals surface area contributed by atoms with Gasteiger partial charge in [0, 0.05) is 31.0 Å². The van der Waals surface area contributed by atoms with Gasteiger partial charge in [-0.1, -0.05) is 6.07 Å². The highest BCUT2D eigenvalue weighted by Crippen LogP contribution is 2.19. The smallest absolute Gasteiger partial charge is 0.169 e. The molecule has 3 nitrogen and oxygen atoms in total. The zero-order chi connectivity index (χ0) is 12.3. The zero-order valence-corrected chi connectivity index (χ0v) is 11.2. The Morgan fingerprint density at radius 3 is 2.88 bits per heavy atom. The van der Waals surface area contributed by atoms with Crippen LogP contribution in [0.25, 0.3) is 0 Å². The number of hydrogen-bond acceptors (Lipinski definition) is 2. The van der Waals surface area contributed by atoms with Crippen molar-refractivity contribution in [1.29, 1.82) is 0 Å². The van der Waals surface area contributed by atoms with Gasteiger partial charge in [0.15, 0.2) is 5.11 Å². The lowest BCUT2D eigenvalue weighted by Gasteiger charge is -2.29. The fourth-order valence-electron chi connectivity index (χ4n) is 1.66. The summed E-state index contributed by atoms with van der Waals surface area (Å²) in [7, 11) is 0. The molecule has 1 saturated carbocycles. The fraction of sp³-hybridized carbons (Fsp3) is 0.538. The van der Waals surface area contributed by atoms with Crippen LogP contribution in [0.2, 0.25) is 0 Å². The van der Waals surface area contributed by atoms with E-state index in [0.717, 1.165) is 11.7 Å². The number of pyridine rings is 1. The second-order valence-corrected chi connectivity index (χ2v) is 5.19. The van der Waals surface area contributed by atoms with E-state index in [-0.39, 0.29) is 0 Å². The van der Waals surface area contributed by atoms with Crippen molar-refractivity contribution in [1.82, 2.24) is 15.2 Å². The molecule has 0 aromatic carbocycles. The predicted octanol–water partition coefficient (Wildman–Crippen LogP) is 2.33. The Morgan fingerprint density at radius 2 is 2.35 bits per heavy atom. The third-order valence-electron chi connectivity index (χ3n) is 2.86. The van der Waals surface area contributed by atoms with Crippen LogP contribution in [0, 0.1) is 0 Å². The van der Waals surface area contributed by atoms with Crippen molar-refractivity contribution in [2.45, 2.75) is 45.3 Å². The molecular weight excluding hydrogens is 230 g/mol. The van der Waals surface area contributed by atoms with Crippen molar-refractivity contribution < 1.29 is 0 Å². The van der Waals surface area contributed by atoms with Gasteiger partial charge < -0.3 is 10.2 Å². The van der Waals surface area contributed by atoms with Crippen LogP contribution in [0.3, 0.4) is 0 Å². The first-order valence-corrected chi connectivity index (χ1v) is 6.53. The van der Waals surface area contributed by atoms with E-state index in [1.54, 1.807) is 6.20 Å². The van der Waals surface area contributed by atoms with Crippen molar-refractivity contribution >= 4 is 17.3 Å². The second-order valence-electron chi connectivity index (χ2n) is 4.81. The SMILES string of the molecule is CC(C)N(Cc1cccnc1)C(=S)NC1CC1. The van der Waals surface area contributed by atoms with Crippen LogP contribution in [0.1, 0.15) is 32.3 Å². The Bertz CT molecular complexity index is 374. The van der Waals surface area contributed by atoms with Crippen molar-refractivity contribution in [3.8, 4) is 0 Å². The Labute approximate surface area is 108 Å². The molecule has 0 unspecified atom stereocenters. The van der Waals surface area contributed by atoms with Gasteiger partial charge in [0.25, 0.3) is 0 Å². The molecule has 1 aromatic heterocycles. The van der Waals surface area contributed by atoms with E-state index in [1.165, 1.54) is 18.4 Å². The van der Waals surface area contributed by atoms with Gasteiger partial charge in [-0.25, -0.2) is 0 Å². The minimum atomic E-state index is 0.397. The lowest BCUT2D eigenvalue weighted by Crippen LogP contribution is -2.44. The summed E-state index contributed by atoms with van der Waals surface area (Å²) in [5.74, 6) is 0. The quantitative estimate of drug-likeness (QED) is 0.829. The lowest BCUT2D eigenvalue weighted by atomic mass is 10.2. The van der Waals surface area contributed by atoms with Gasteiger partial charge in [-0.3, -0.25) is 4.98 Å². The van der Waals surface area contributed by atoms with Gasteiger partial charge in [-0.15, -0.1) is 0 Å². The van der Waals surface area contributed by atoms with Crippen molar-refractivity contribution in [3.05, 3.63) is 30.1 Å². The summed E-state index contributed by atoms with van der Waals surface area (Å²) in [6.45, 7) is 5.15. The molecule has 2 rings (SSSR count). The van der Waals surface area contributed by atoms with E-state index in [9.17, 15) is 0 Å². The third-order valence-corrected chi connectivity index (χ3v) is 3.22. The van der Waals surface area contributed by atoms with Gasteiger partial charge >= 0.3 is 0 Å². The zero-order valence-electron chi connectivity index (χ0n) is 10.4. The number of nitrogens with zero attached hydrogens (tertiary/aromatic N) is 2. The van der Waals surface area contributed by atoms with Crippen LogP contribution < -0.4 is 5.32 Å². The summed E-state index contributed by atoms with van der Waals surface area (Å²) in [5, 5.41) is 4.26. The molecule has 92 valence electrons. The summed E-state index contributed by atoms with van der Waals surface area (Å²) in [6.07, 6.45) is 6.19. The van der Waals surface area contributed by atoms with Crippen LogP contribution in [0.5, 0.6) is 0 Å². The van der Waals surface area contributed by atoms with Crippen molar-refractivity contribution in [2.75, 3.05) is 0 Å².